The average molecular weight is 531 g/mol. The number of ether oxygens (including phenoxy) is 3. The molecule has 0 aliphatic carbocycles. The molecule has 2 aliphatic rings. The van der Waals surface area contributed by atoms with E-state index in [1.807, 2.05) is 71.6 Å². The first-order valence-electron chi connectivity index (χ1n) is 12.5. The summed E-state index contributed by atoms with van der Waals surface area (Å²) in [5, 5.41) is 5.38. The Bertz CT molecular complexity index is 1460. The Morgan fingerprint density at radius 3 is 2.47 bits per heavy atom. The minimum absolute atomic E-state index is 0.0608. The quantitative estimate of drug-likeness (QED) is 0.354. The molecule has 0 N–H and O–H groups in total. The van der Waals surface area contributed by atoms with Crippen LogP contribution in [0.25, 0.3) is 16.9 Å². The first-order valence-corrected chi connectivity index (χ1v) is 12.9. The van der Waals surface area contributed by atoms with Crippen LogP contribution in [-0.4, -0.2) is 65.6 Å². The summed E-state index contributed by atoms with van der Waals surface area (Å²) in [5.41, 5.74) is 3.86. The number of amides is 1. The summed E-state index contributed by atoms with van der Waals surface area (Å²) in [4.78, 5) is 18.0. The van der Waals surface area contributed by atoms with Gasteiger partial charge in [-0.2, -0.15) is 5.10 Å². The van der Waals surface area contributed by atoms with Crippen molar-refractivity contribution in [2.75, 3.05) is 40.1 Å². The fourth-order valence-corrected chi connectivity index (χ4v) is 5.06. The van der Waals surface area contributed by atoms with Gasteiger partial charge in [-0.05, 0) is 54.1 Å². The van der Waals surface area contributed by atoms with E-state index in [1.165, 1.54) is 0 Å². The lowest BCUT2D eigenvalue weighted by molar-refractivity contribution is 0.0619. The number of hydrogen-bond donors (Lipinski definition) is 0. The molecule has 0 bridgehead atoms. The van der Waals surface area contributed by atoms with E-state index >= 15 is 0 Å². The SMILES string of the molecule is COc1ccc(-n2nc(-c3ccccc3Cl)cc2C(=O)N2CCN(Cc3ccc4c(c3)OCO4)CC2)cc1. The highest BCUT2D eigenvalue weighted by molar-refractivity contribution is 6.33. The zero-order valence-electron chi connectivity index (χ0n) is 21.0. The van der Waals surface area contributed by atoms with Crippen molar-refractivity contribution in [3.63, 3.8) is 0 Å². The minimum Gasteiger partial charge on any atom is -0.497 e. The molecule has 1 aromatic heterocycles. The zero-order valence-corrected chi connectivity index (χ0v) is 21.7. The molecule has 0 spiro atoms. The van der Waals surface area contributed by atoms with Gasteiger partial charge in [0.15, 0.2) is 11.5 Å². The van der Waals surface area contributed by atoms with Crippen molar-refractivity contribution >= 4 is 17.5 Å². The summed E-state index contributed by atoms with van der Waals surface area (Å²) in [6.45, 7) is 3.85. The molecule has 0 radical (unpaired) electrons. The predicted molar refractivity (Wildman–Crippen MR) is 144 cm³/mol. The molecule has 2 aliphatic heterocycles. The molecule has 6 rings (SSSR count). The number of halogens is 1. The lowest BCUT2D eigenvalue weighted by Gasteiger charge is -2.34. The number of aromatic nitrogens is 2. The summed E-state index contributed by atoms with van der Waals surface area (Å²) in [7, 11) is 1.62. The van der Waals surface area contributed by atoms with Crippen molar-refractivity contribution in [1.29, 1.82) is 0 Å². The topological polar surface area (TPSA) is 69.1 Å². The average Bonchev–Trinajstić information content (AvgIpc) is 3.61. The lowest BCUT2D eigenvalue weighted by Crippen LogP contribution is -2.48. The van der Waals surface area contributed by atoms with Crippen LogP contribution in [0.2, 0.25) is 5.02 Å². The largest absolute Gasteiger partial charge is 0.497 e. The molecular weight excluding hydrogens is 504 g/mol. The molecule has 0 saturated carbocycles. The standard InChI is InChI=1S/C29H27ClN4O4/c1-36-22-9-7-21(8-10-22)34-26(17-25(31-34)23-4-2-3-5-24(23)30)29(35)33-14-12-32(13-15-33)18-20-6-11-27-28(16-20)38-19-37-27/h2-11,16-17H,12-15,18-19H2,1H3. The van der Waals surface area contributed by atoms with Crippen molar-refractivity contribution in [2.24, 2.45) is 0 Å². The van der Waals surface area contributed by atoms with Gasteiger partial charge >= 0.3 is 0 Å². The molecule has 38 heavy (non-hydrogen) atoms. The fraction of sp³-hybridized carbons (Fsp3) is 0.241. The highest BCUT2D eigenvalue weighted by Gasteiger charge is 2.27. The van der Waals surface area contributed by atoms with Crippen molar-refractivity contribution in [3.8, 4) is 34.2 Å². The van der Waals surface area contributed by atoms with Crippen LogP contribution < -0.4 is 14.2 Å². The van der Waals surface area contributed by atoms with Gasteiger partial charge in [-0.1, -0.05) is 35.9 Å². The van der Waals surface area contributed by atoms with Crippen molar-refractivity contribution in [1.82, 2.24) is 19.6 Å². The first-order chi connectivity index (χ1) is 18.6. The lowest BCUT2D eigenvalue weighted by atomic mass is 10.1. The zero-order chi connectivity index (χ0) is 26.1. The number of benzene rings is 3. The summed E-state index contributed by atoms with van der Waals surface area (Å²) in [6.07, 6.45) is 0. The molecule has 1 amide bonds. The second-order valence-electron chi connectivity index (χ2n) is 9.26. The van der Waals surface area contributed by atoms with Crippen LogP contribution >= 0.6 is 11.6 Å². The molecule has 0 atom stereocenters. The minimum atomic E-state index is -0.0608. The molecule has 4 aromatic rings. The Kier molecular flexibility index (Phi) is 6.66. The highest BCUT2D eigenvalue weighted by Crippen LogP contribution is 2.33. The number of carbonyl (C=O) groups excluding carboxylic acids is 1. The van der Waals surface area contributed by atoms with E-state index in [4.69, 9.17) is 30.9 Å². The summed E-state index contributed by atoms with van der Waals surface area (Å²) in [5.74, 6) is 2.25. The molecule has 1 saturated heterocycles. The van der Waals surface area contributed by atoms with Gasteiger partial charge in [-0.25, -0.2) is 4.68 Å². The van der Waals surface area contributed by atoms with Crippen LogP contribution in [0.3, 0.4) is 0 Å². The molecule has 8 nitrogen and oxygen atoms in total. The third kappa shape index (κ3) is 4.80. The van der Waals surface area contributed by atoms with E-state index in [2.05, 4.69) is 11.0 Å². The maximum absolute atomic E-state index is 13.8. The second kappa shape index (κ2) is 10.4. The van der Waals surface area contributed by atoms with E-state index in [0.717, 1.165) is 53.7 Å². The Labute approximate surface area is 225 Å². The smallest absolute Gasteiger partial charge is 0.272 e. The van der Waals surface area contributed by atoms with E-state index < -0.39 is 0 Å². The normalized spacial score (nSPS) is 15.1. The van der Waals surface area contributed by atoms with Gasteiger partial charge in [-0.3, -0.25) is 9.69 Å². The molecule has 9 heteroatoms. The summed E-state index contributed by atoms with van der Waals surface area (Å²) < 4.78 is 17.9. The van der Waals surface area contributed by atoms with Gasteiger partial charge < -0.3 is 19.1 Å². The molecule has 3 heterocycles. The maximum Gasteiger partial charge on any atom is 0.272 e. The van der Waals surface area contributed by atoms with Crippen LogP contribution in [0, 0.1) is 0 Å². The first kappa shape index (κ1) is 24.3. The number of hydrogen-bond acceptors (Lipinski definition) is 6. The highest BCUT2D eigenvalue weighted by atomic mass is 35.5. The molecule has 1 fully saturated rings. The van der Waals surface area contributed by atoms with Crippen LogP contribution in [0.15, 0.2) is 72.8 Å². The second-order valence-corrected chi connectivity index (χ2v) is 9.67. The molecule has 194 valence electrons. The molecule has 0 unspecified atom stereocenters. The van der Waals surface area contributed by atoms with Crippen LogP contribution in [-0.2, 0) is 6.54 Å². The number of carbonyl (C=O) groups is 1. The van der Waals surface area contributed by atoms with Crippen LogP contribution in [0.4, 0.5) is 0 Å². The maximum atomic E-state index is 13.8. The van der Waals surface area contributed by atoms with Gasteiger partial charge in [0.25, 0.3) is 5.91 Å². The number of piperazine rings is 1. The number of fused-ring (bicyclic) bond motifs is 1. The number of rotatable bonds is 6. The Balaban J connectivity index is 1.22. The van der Waals surface area contributed by atoms with Gasteiger partial charge in [0.2, 0.25) is 6.79 Å². The van der Waals surface area contributed by atoms with Gasteiger partial charge in [0.05, 0.1) is 23.5 Å². The van der Waals surface area contributed by atoms with E-state index in [1.54, 1.807) is 11.8 Å². The van der Waals surface area contributed by atoms with Crippen LogP contribution in [0.5, 0.6) is 17.2 Å². The summed E-state index contributed by atoms with van der Waals surface area (Å²) >= 11 is 6.47. The number of nitrogens with zero attached hydrogens (tertiary/aromatic N) is 4. The third-order valence-electron chi connectivity index (χ3n) is 6.90. The van der Waals surface area contributed by atoms with Crippen molar-refractivity contribution in [2.45, 2.75) is 6.54 Å². The Morgan fingerprint density at radius 1 is 0.947 bits per heavy atom. The number of methoxy groups -OCH3 is 1. The summed E-state index contributed by atoms with van der Waals surface area (Å²) in [6, 6.07) is 22.9. The fourth-order valence-electron chi connectivity index (χ4n) is 4.82. The van der Waals surface area contributed by atoms with Crippen molar-refractivity contribution < 1.29 is 19.0 Å². The van der Waals surface area contributed by atoms with Crippen molar-refractivity contribution in [3.05, 3.63) is 89.1 Å². The molecule has 3 aromatic carbocycles. The van der Waals surface area contributed by atoms with E-state index in [0.29, 0.717) is 29.5 Å². The van der Waals surface area contributed by atoms with Crippen LogP contribution in [0.1, 0.15) is 16.1 Å². The van der Waals surface area contributed by atoms with E-state index in [-0.39, 0.29) is 12.7 Å². The Morgan fingerprint density at radius 2 is 1.71 bits per heavy atom. The Hall–Kier alpha value is -4.01. The van der Waals surface area contributed by atoms with E-state index in [9.17, 15) is 4.79 Å². The predicted octanol–water partition coefficient (Wildman–Crippen LogP) is 4.89. The van der Waals surface area contributed by atoms with Gasteiger partial charge in [-0.15, -0.1) is 0 Å². The van der Waals surface area contributed by atoms with Gasteiger partial charge in [0.1, 0.15) is 11.4 Å². The van der Waals surface area contributed by atoms with Gasteiger partial charge in [0, 0.05) is 38.3 Å². The molecular formula is C29H27ClN4O4. The third-order valence-corrected chi connectivity index (χ3v) is 7.23. The monoisotopic (exact) mass is 530 g/mol.